The van der Waals surface area contributed by atoms with Gasteiger partial charge in [0, 0.05) is 0 Å². The van der Waals surface area contributed by atoms with Gasteiger partial charge in [-0.25, -0.2) is 0 Å². The Bertz CT molecular complexity index is 370. The first-order valence-corrected chi connectivity index (χ1v) is 14.0. The fourth-order valence-electron chi connectivity index (χ4n) is 4.66. The highest BCUT2D eigenvalue weighted by Gasteiger charge is 2.25. The van der Waals surface area contributed by atoms with Crippen LogP contribution in [0.5, 0.6) is 0 Å². The van der Waals surface area contributed by atoms with E-state index in [0.29, 0.717) is 0 Å². The summed E-state index contributed by atoms with van der Waals surface area (Å²) in [5, 5.41) is 19.1. The molecule has 0 radical (unpaired) electrons. The van der Waals surface area contributed by atoms with E-state index in [4.69, 9.17) is 0 Å². The van der Waals surface area contributed by atoms with Gasteiger partial charge in [0.2, 0.25) is 0 Å². The molecule has 0 saturated carbocycles. The molecule has 0 rings (SSSR count). The van der Waals surface area contributed by atoms with Gasteiger partial charge in [0.1, 0.15) is 13.1 Å². The van der Waals surface area contributed by atoms with Crippen molar-refractivity contribution in [2.45, 2.75) is 129 Å². The van der Waals surface area contributed by atoms with Crippen LogP contribution in [-0.2, 0) is 0 Å². The van der Waals surface area contributed by atoms with Crippen LogP contribution in [0.2, 0.25) is 0 Å². The van der Waals surface area contributed by atoms with Crippen molar-refractivity contribution in [3.63, 3.8) is 0 Å². The number of nitrogens with zero attached hydrogens (tertiary/aromatic N) is 1. The lowest BCUT2D eigenvalue weighted by molar-refractivity contribution is -0.929. The van der Waals surface area contributed by atoms with E-state index in [1.807, 2.05) is 0 Å². The second-order valence-electron chi connectivity index (χ2n) is 9.68. The fraction of sp³-hybridized carbons (Fsp3) is 0.929. The van der Waals surface area contributed by atoms with Crippen molar-refractivity contribution in [3.05, 3.63) is 12.2 Å². The van der Waals surface area contributed by atoms with Crippen LogP contribution in [0.4, 0.5) is 0 Å². The highest BCUT2D eigenvalue weighted by atomic mass is 79.9. The molecular formula is C28H58BrNO2. The molecule has 4 heteroatoms. The van der Waals surface area contributed by atoms with Crippen molar-refractivity contribution in [1.29, 1.82) is 0 Å². The molecule has 0 aromatic rings. The van der Waals surface area contributed by atoms with Crippen LogP contribution in [0.1, 0.15) is 129 Å². The number of hydrogen-bond donors (Lipinski definition) is 2. The first kappa shape index (κ1) is 34.3. The number of hydrogen-bond acceptors (Lipinski definition) is 2. The number of aliphatic hydroxyl groups is 2. The third kappa shape index (κ3) is 21.9. The van der Waals surface area contributed by atoms with Gasteiger partial charge in [0.25, 0.3) is 0 Å². The molecule has 0 aliphatic carbocycles. The second kappa shape index (κ2) is 27.3. The van der Waals surface area contributed by atoms with Gasteiger partial charge in [0.05, 0.1) is 26.3 Å². The molecule has 194 valence electrons. The largest absolute Gasteiger partial charge is 1.00 e. The molecule has 0 spiro atoms. The normalized spacial score (nSPS) is 11.9. The second-order valence-corrected chi connectivity index (χ2v) is 9.68. The molecule has 0 fully saturated rings. The smallest absolute Gasteiger partial charge is 0.102 e. The molecule has 0 unspecified atom stereocenters. The summed E-state index contributed by atoms with van der Waals surface area (Å²) >= 11 is 0. The zero-order valence-electron chi connectivity index (χ0n) is 21.8. The van der Waals surface area contributed by atoms with Gasteiger partial charge < -0.3 is 31.7 Å². The van der Waals surface area contributed by atoms with E-state index in [1.54, 1.807) is 0 Å². The van der Waals surface area contributed by atoms with Crippen LogP contribution >= 0.6 is 0 Å². The van der Waals surface area contributed by atoms with Gasteiger partial charge >= 0.3 is 0 Å². The Balaban J connectivity index is 0. The van der Waals surface area contributed by atoms with Crippen molar-refractivity contribution in [1.82, 2.24) is 0 Å². The first-order valence-electron chi connectivity index (χ1n) is 14.0. The topological polar surface area (TPSA) is 40.5 Å². The van der Waals surface area contributed by atoms with Crippen LogP contribution in [0.25, 0.3) is 0 Å². The predicted octanol–water partition coefficient (Wildman–Crippen LogP) is 4.41. The maximum Gasteiger partial charge on any atom is 0.102 e. The maximum atomic E-state index is 9.56. The SMILES string of the molecule is CCCCCCCC/C=C\CCCCCCCC[N+](CCO)(CCO)CCCCCC.[Br-]. The molecule has 0 aromatic carbocycles. The van der Waals surface area contributed by atoms with E-state index in [1.165, 1.54) is 116 Å². The van der Waals surface area contributed by atoms with Crippen LogP contribution in [0.15, 0.2) is 12.2 Å². The van der Waals surface area contributed by atoms with E-state index in [-0.39, 0.29) is 30.2 Å². The molecule has 3 nitrogen and oxygen atoms in total. The van der Waals surface area contributed by atoms with Gasteiger partial charge in [0.15, 0.2) is 0 Å². The van der Waals surface area contributed by atoms with Gasteiger partial charge in [-0.3, -0.25) is 0 Å². The summed E-state index contributed by atoms with van der Waals surface area (Å²) in [5.41, 5.74) is 0. The summed E-state index contributed by atoms with van der Waals surface area (Å²) in [6, 6.07) is 0. The summed E-state index contributed by atoms with van der Waals surface area (Å²) in [4.78, 5) is 0. The lowest BCUT2D eigenvalue weighted by Crippen LogP contribution is -3.00. The maximum absolute atomic E-state index is 9.56. The van der Waals surface area contributed by atoms with E-state index < -0.39 is 0 Å². The quantitative estimate of drug-likeness (QED) is 0.106. The fourth-order valence-corrected chi connectivity index (χ4v) is 4.66. The monoisotopic (exact) mass is 519 g/mol. The van der Waals surface area contributed by atoms with Gasteiger partial charge in [-0.1, -0.05) is 90.2 Å². The van der Waals surface area contributed by atoms with Crippen molar-refractivity contribution in [3.8, 4) is 0 Å². The standard InChI is InChI=1S/C28H58NO2.BrH/c1-3-5-7-9-10-11-12-13-14-15-16-17-18-19-20-22-24-29(25-27-30,26-28-31)23-21-8-6-4-2;/h13-14,30-31H,3-12,15-28H2,1-2H3;1H/q+1;/p-1/b14-13-;. The lowest BCUT2D eigenvalue weighted by atomic mass is 10.1. The highest BCUT2D eigenvalue weighted by Crippen LogP contribution is 2.15. The number of allylic oxidation sites excluding steroid dienone is 2. The Labute approximate surface area is 212 Å². The molecule has 0 aromatic heterocycles. The van der Waals surface area contributed by atoms with Crippen LogP contribution in [0, 0.1) is 0 Å². The molecule has 0 bridgehead atoms. The Morgan fingerprint density at radius 3 is 1.22 bits per heavy atom. The highest BCUT2D eigenvalue weighted by molar-refractivity contribution is 4.81. The third-order valence-corrected chi connectivity index (χ3v) is 6.78. The van der Waals surface area contributed by atoms with Crippen molar-refractivity contribution < 1.29 is 31.7 Å². The zero-order chi connectivity index (χ0) is 22.9. The number of quaternary nitrogens is 1. The molecule has 0 aliphatic rings. The molecule has 0 saturated heterocycles. The van der Waals surface area contributed by atoms with Crippen LogP contribution < -0.4 is 17.0 Å². The van der Waals surface area contributed by atoms with E-state index in [0.717, 1.165) is 30.7 Å². The molecule has 0 amide bonds. The molecule has 0 aliphatic heterocycles. The average molecular weight is 521 g/mol. The minimum atomic E-state index is 0. The molecular weight excluding hydrogens is 462 g/mol. The molecule has 32 heavy (non-hydrogen) atoms. The average Bonchev–Trinajstić information content (AvgIpc) is 2.77. The van der Waals surface area contributed by atoms with Gasteiger partial charge in [-0.15, -0.1) is 0 Å². The Morgan fingerprint density at radius 2 is 0.812 bits per heavy atom. The number of rotatable bonds is 25. The summed E-state index contributed by atoms with van der Waals surface area (Å²) in [6.45, 7) is 8.84. The van der Waals surface area contributed by atoms with Crippen molar-refractivity contribution >= 4 is 0 Å². The van der Waals surface area contributed by atoms with Crippen molar-refractivity contribution in [2.24, 2.45) is 0 Å². The number of unbranched alkanes of at least 4 members (excludes halogenated alkanes) is 15. The Morgan fingerprint density at radius 1 is 0.469 bits per heavy atom. The molecule has 0 atom stereocenters. The van der Waals surface area contributed by atoms with Crippen molar-refractivity contribution in [2.75, 3.05) is 39.4 Å². The van der Waals surface area contributed by atoms with Gasteiger partial charge in [-0.05, 0) is 51.4 Å². The third-order valence-electron chi connectivity index (χ3n) is 6.78. The molecule has 2 N–H and O–H groups in total. The summed E-state index contributed by atoms with van der Waals surface area (Å²) < 4.78 is 0.917. The minimum Gasteiger partial charge on any atom is -1.00 e. The predicted molar refractivity (Wildman–Crippen MR) is 137 cm³/mol. The summed E-state index contributed by atoms with van der Waals surface area (Å²) in [5.74, 6) is 0. The minimum absolute atomic E-state index is 0. The lowest BCUT2D eigenvalue weighted by Gasteiger charge is -2.38. The van der Waals surface area contributed by atoms with E-state index >= 15 is 0 Å². The summed E-state index contributed by atoms with van der Waals surface area (Å²) in [7, 11) is 0. The molecule has 0 heterocycles. The Hall–Kier alpha value is 0.100. The van der Waals surface area contributed by atoms with E-state index in [2.05, 4.69) is 26.0 Å². The zero-order valence-corrected chi connectivity index (χ0v) is 23.4. The van der Waals surface area contributed by atoms with Crippen LogP contribution in [0.3, 0.4) is 0 Å². The number of halogens is 1. The van der Waals surface area contributed by atoms with E-state index in [9.17, 15) is 10.2 Å². The first-order chi connectivity index (χ1) is 15.2. The van der Waals surface area contributed by atoms with Crippen LogP contribution in [-0.4, -0.2) is 54.1 Å². The summed E-state index contributed by atoms with van der Waals surface area (Å²) in [6.07, 6.45) is 28.6. The number of aliphatic hydroxyl groups excluding tert-OH is 2. The Kier molecular flexibility index (Phi) is 29.3. The van der Waals surface area contributed by atoms with Gasteiger partial charge in [-0.2, -0.15) is 0 Å².